The number of hydrogen-bond donors (Lipinski definition) is 1. The number of nitrogens with zero attached hydrogens (tertiary/aromatic N) is 1. The van der Waals surface area contributed by atoms with Crippen LogP contribution < -0.4 is 15.2 Å². The normalized spacial score (nSPS) is 11.3. The van der Waals surface area contributed by atoms with Crippen LogP contribution in [0.15, 0.2) is 12.1 Å². The van der Waals surface area contributed by atoms with E-state index in [1.54, 1.807) is 19.2 Å². The lowest BCUT2D eigenvalue weighted by molar-refractivity contribution is 0.120. The number of aromatic nitrogens is 1. The molecule has 0 aliphatic rings. The smallest absolute Gasteiger partial charge is 0.241 e. The largest absolute Gasteiger partial charge is 0.475 e. The highest BCUT2D eigenvalue weighted by molar-refractivity contribution is 5.49. The van der Waals surface area contributed by atoms with E-state index in [4.69, 9.17) is 19.9 Å². The molecule has 0 amide bonds. The van der Waals surface area contributed by atoms with Crippen molar-refractivity contribution in [2.75, 3.05) is 26.1 Å². The topological polar surface area (TPSA) is 66.6 Å². The second-order valence-corrected chi connectivity index (χ2v) is 4.60. The average molecular weight is 240 g/mol. The summed E-state index contributed by atoms with van der Waals surface area (Å²) >= 11 is 0. The van der Waals surface area contributed by atoms with Gasteiger partial charge in [-0.05, 0) is 26.8 Å². The van der Waals surface area contributed by atoms with Gasteiger partial charge in [0.25, 0.3) is 0 Å². The molecule has 0 spiro atoms. The van der Waals surface area contributed by atoms with Crippen molar-refractivity contribution >= 4 is 5.69 Å². The lowest BCUT2D eigenvalue weighted by Gasteiger charge is -2.21. The van der Waals surface area contributed by atoms with Crippen LogP contribution >= 0.6 is 0 Å². The number of rotatable bonds is 5. The van der Waals surface area contributed by atoms with Crippen LogP contribution in [0, 0.1) is 0 Å². The summed E-state index contributed by atoms with van der Waals surface area (Å²) in [5, 5.41) is 0. The van der Waals surface area contributed by atoms with E-state index in [0.29, 0.717) is 30.7 Å². The number of nitrogen functional groups attached to an aromatic ring is 1. The Hall–Kier alpha value is -1.49. The molecule has 0 saturated carbocycles. The maximum absolute atomic E-state index is 5.78. The summed E-state index contributed by atoms with van der Waals surface area (Å²) in [4.78, 5) is 4.20. The number of hydrogen-bond acceptors (Lipinski definition) is 5. The summed E-state index contributed by atoms with van der Waals surface area (Å²) < 4.78 is 15.9. The Balaban J connectivity index is 2.72. The molecule has 1 aromatic heterocycles. The maximum atomic E-state index is 5.78. The van der Waals surface area contributed by atoms with Crippen LogP contribution in [0.3, 0.4) is 0 Å². The monoisotopic (exact) mass is 240 g/mol. The number of ether oxygens (including phenoxy) is 3. The van der Waals surface area contributed by atoms with Gasteiger partial charge in [-0.15, -0.1) is 0 Å². The van der Waals surface area contributed by atoms with Gasteiger partial charge >= 0.3 is 0 Å². The molecule has 17 heavy (non-hydrogen) atoms. The van der Waals surface area contributed by atoms with Gasteiger partial charge in [0.15, 0.2) is 0 Å². The number of anilines is 1. The molecule has 0 aliphatic carbocycles. The molecule has 0 fully saturated rings. The summed E-state index contributed by atoms with van der Waals surface area (Å²) in [6.45, 7) is 6.77. The minimum absolute atomic E-state index is 0.341. The summed E-state index contributed by atoms with van der Waals surface area (Å²) in [6, 6.07) is 3.43. The lowest BCUT2D eigenvalue weighted by Crippen LogP contribution is -2.24. The van der Waals surface area contributed by atoms with Gasteiger partial charge in [0.1, 0.15) is 12.2 Å². The van der Waals surface area contributed by atoms with E-state index < -0.39 is 0 Å². The van der Waals surface area contributed by atoms with Crippen LogP contribution in [-0.2, 0) is 4.74 Å². The Bertz CT molecular complexity index is 361. The second-order valence-electron chi connectivity index (χ2n) is 4.60. The average Bonchev–Trinajstić information content (AvgIpc) is 2.21. The highest BCUT2D eigenvalue weighted by Gasteiger charge is 2.15. The molecule has 0 bridgehead atoms. The van der Waals surface area contributed by atoms with Gasteiger partial charge in [0, 0.05) is 13.2 Å². The Morgan fingerprint density at radius 3 is 2.53 bits per heavy atom. The predicted octanol–water partition coefficient (Wildman–Crippen LogP) is 1.87. The van der Waals surface area contributed by atoms with Crippen LogP contribution in [0.1, 0.15) is 20.8 Å². The Labute approximate surface area is 102 Å². The molecule has 1 rings (SSSR count). The van der Waals surface area contributed by atoms with Gasteiger partial charge in [0.05, 0.1) is 12.3 Å². The van der Waals surface area contributed by atoms with Crippen molar-refractivity contribution < 1.29 is 14.2 Å². The van der Waals surface area contributed by atoms with Crippen LogP contribution in [0.4, 0.5) is 5.69 Å². The van der Waals surface area contributed by atoms with Gasteiger partial charge in [-0.2, -0.15) is 4.98 Å². The molecule has 5 nitrogen and oxygen atoms in total. The minimum Gasteiger partial charge on any atom is -0.475 e. The number of nitrogens with two attached hydrogens (primary N) is 1. The highest BCUT2D eigenvalue weighted by atomic mass is 16.5. The van der Waals surface area contributed by atoms with E-state index in [0.717, 1.165) is 0 Å². The zero-order valence-electron chi connectivity index (χ0n) is 10.8. The number of pyridine rings is 1. The molecule has 96 valence electrons. The minimum atomic E-state index is -0.341. The molecule has 1 heterocycles. The third-order valence-corrected chi connectivity index (χ3v) is 1.80. The van der Waals surface area contributed by atoms with Crippen molar-refractivity contribution in [2.45, 2.75) is 26.4 Å². The second kappa shape index (κ2) is 5.72. The highest BCUT2D eigenvalue weighted by Crippen LogP contribution is 2.25. The maximum Gasteiger partial charge on any atom is 0.241 e. The molecular formula is C12H20N2O3. The molecule has 0 unspecified atom stereocenters. The molecule has 0 atom stereocenters. The Morgan fingerprint density at radius 2 is 1.94 bits per heavy atom. The third-order valence-electron chi connectivity index (χ3n) is 1.80. The fraction of sp³-hybridized carbons (Fsp3) is 0.583. The van der Waals surface area contributed by atoms with E-state index in [2.05, 4.69) is 4.98 Å². The SMILES string of the molecule is COCCOc1ccc(N)c(OC(C)(C)C)n1. The Kier molecular flexibility index (Phi) is 4.57. The van der Waals surface area contributed by atoms with Crippen molar-refractivity contribution in [3.05, 3.63) is 12.1 Å². The van der Waals surface area contributed by atoms with E-state index in [-0.39, 0.29) is 5.60 Å². The fourth-order valence-corrected chi connectivity index (χ4v) is 1.12. The molecule has 0 aliphatic heterocycles. The van der Waals surface area contributed by atoms with Gasteiger partial charge in [-0.3, -0.25) is 0 Å². The summed E-state index contributed by atoms with van der Waals surface area (Å²) in [6.07, 6.45) is 0. The van der Waals surface area contributed by atoms with Crippen LogP contribution in [0.2, 0.25) is 0 Å². The standard InChI is InChI=1S/C12H20N2O3/c1-12(2,3)17-11-9(13)5-6-10(14-11)16-8-7-15-4/h5-6H,7-8,13H2,1-4H3. The number of methoxy groups -OCH3 is 1. The Morgan fingerprint density at radius 1 is 1.24 bits per heavy atom. The molecule has 2 N–H and O–H groups in total. The zero-order valence-corrected chi connectivity index (χ0v) is 10.8. The summed E-state index contributed by atoms with van der Waals surface area (Å²) in [5.41, 5.74) is 5.94. The molecule has 0 saturated heterocycles. The first kappa shape index (κ1) is 13.6. The van der Waals surface area contributed by atoms with Crippen molar-refractivity contribution in [1.29, 1.82) is 0 Å². The van der Waals surface area contributed by atoms with Crippen molar-refractivity contribution in [2.24, 2.45) is 0 Å². The van der Waals surface area contributed by atoms with Crippen molar-refractivity contribution in [3.63, 3.8) is 0 Å². The molecule has 5 heteroatoms. The van der Waals surface area contributed by atoms with E-state index in [1.807, 2.05) is 20.8 Å². The quantitative estimate of drug-likeness (QED) is 0.796. The van der Waals surface area contributed by atoms with E-state index in [1.165, 1.54) is 0 Å². The summed E-state index contributed by atoms with van der Waals surface area (Å²) in [7, 11) is 1.62. The molecule has 0 aromatic carbocycles. The van der Waals surface area contributed by atoms with E-state index in [9.17, 15) is 0 Å². The van der Waals surface area contributed by atoms with Gasteiger partial charge < -0.3 is 19.9 Å². The fourth-order valence-electron chi connectivity index (χ4n) is 1.12. The summed E-state index contributed by atoms with van der Waals surface area (Å²) in [5.74, 6) is 0.878. The van der Waals surface area contributed by atoms with Crippen molar-refractivity contribution in [3.8, 4) is 11.8 Å². The van der Waals surface area contributed by atoms with Gasteiger partial charge in [-0.1, -0.05) is 0 Å². The lowest BCUT2D eigenvalue weighted by atomic mass is 10.2. The van der Waals surface area contributed by atoms with Gasteiger partial charge in [-0.25, -0.2) is 0 Å². The molecular weight excluding hydrogens is 220 g/mol. The third kappa shape index (κ3) is 4.91. The van der Waals surface area contributed by atoms with Crippen LogP contribution in [0.5, 0.6) is 11.8 Å². The molecule has 1 aromatic rings. The van der Waals surface area contributed by atoms with Crippen molar-refractivity contribution in [1.82, 2.24) is 4.98 Å². The van der Waals surface area contributed by atoms with Crippen LogP contribution in [0.25, 0.3) is 0 Å². The van der Waals surface area contributed by atoms with E-state index >= 15 is 0 Å². The molecule has 0 radical (unpaired) electrons. The first-order chi connectivity index (χ1) is 7.92. The first-order valence-electron chi connectivity index (χ1n) is 5.49. The van der Waals surface area contributed by atoms with Crippen LogP contribution in [-0.4, -0.2) is 30.9 Å². The zero-order chi connectivity index (χ0) is 12.9. The predicted molar refractivity (Wildman–Crippen MR) is 66.4 cm³/mol. The van der Waals surface area contributed by atoms with Gasteiger partial charge in [0.2, 0.25) is 11.8 Å². The first-order valence-corrected chi connectivity index (χ1v) is 5.49.